The zero-order valence-corrected chi connectivity index (χ0v) is 11.6. The maximum Gasteiger partial charge on any atom is 0.127 e. The van der Waals surface area contributed by atoms with Crippen LogP contribution in [0.3, 0.4) is 0 Å². The SMILES string of the molecule is CNC(Cc1ccc(Br)cc1F)c1cnsn1. The van der Waals surface area contributed by atoms with Crippen molar-refractivity contribution in [2.24, 2.45) is 0 Å². The van der Waals surface area contributed by atoms with Crippen LogP contribution < -0.4 is 5.32 Å². The molecule has 0 bridgehead atoms. The van der Waals surface area contributed by atoms with E-state index in [2.05, 4.69) is 30.0 Å². The van der Waals surface area contributed by atoms with E-state index >= 15 is 0 Å². The molecule has 0 radical (unpaired) electrons. The molecule has 1 aromatic heterocycles. The van der Waals surface area contributed by atoms with Crippen molar-refractivity contribution in [3.63, 3.8) is 0 Å². The van der Waals surface area contributed by atoms with Gasteiger partial charge in [-0.1, -0.05) is 22.0 Å². The molecule has 17 heavy (non-hydrogen) atoms. The summed E-state index contributed by atoms with van der Waals surface area (Å²) in [7, 11) is 1.83. The van der Waals surface area contributed by atoms with Gasteiger partial charge in [0.15, 0.2) is 0 Å². The molecule has 1 N–H and O–H groups in total. The normalized spacial score (nSPS) is 12.6. The van der Waals surface area contributed by atoms with Gasteiger partial charge in [-0.15, -0.1) is 0 Å². The van der Waals surface area contributed by atoms with Gasteiger partial charge < -0.3 is 5.32 Å². The minimum Gasteiger partial charge on any atom is -0.311 e. The molecule has 2 rings (SSSR count). The van der Waals surface area contributed by atoms with Crippen molar-refractivity contribution in [3.8, 4) is 0 Å². The van der Waals surface area contributed by atoms with Crippen LogP contribution in [0, 0.1) is 5.82 Å². The molecule has 0 spiro atoms. The van der Waals surface area contributed by atoms with E-state index in [9.17, 15) is 4.39 Å². The third-order valence-electron chi connectivity index (χ3n) is 2.52. The van der Waals surface area contributed by atoms with E-state index in [0.717, 1.165) is 21.9 Å². The van der Waals surface area contributed by atoms with E-state index in [4.69, 9.17) is 0 Å². The summed E-state index contributed by atoms with van der Waals surface area (Å²) < 4.78 is 22.6. The second-order valence-corrected chi connectivity index (χ2v) is 5.09. The Balaban J connectivity index is 2.19. The number of rotatable bonds is 4. The molecule has 1 atom stereocenters. The van der Waals surface area contributed by atoms with Crippen LogP contribution in [-0.4, -0.2) is 15.8 Å². The van der Waals surface area contributed by atoms with E-state index < -0.39 is 0 Å². The van der Waals surface area contributed by atoms with Gasteiger partial charge >= 0.3 is 0 Å². The lowest BCUT2D eigenvalue weighted by atomic mass is 10.0. The fourth-order valence-electron chi connectivity index (χ4n) is 1.59. The molecule has 0 aliphatic carbocycles. The summed E-state index contributed by atoms with van der Waals surface area (Å²) in [5.74, 6) is -0.206. The highest BCUT2D eigenvalue weighted by Gasteiger charge is 2.15. The van der Waals surface area contributed by atoms with Crippen LogP contribution in [0.2, 0.25) is 0 Å². The lowest BCUT2D eigenvalue weighted by Crippen LogP contribution is -2.19. The van der Waals surface area contributed by atoms with Crippen molar-refractivity contribution in [1.82, 2.24) is 14.1 Å². The predicted molar refractivity (Wildman–Crippen MR) is 69.5 cm³/mol. The molecule has 90 valence electrons. The number of hydrogen-bond acceptors (Lipinski definition) is 4. The quantitative estimate of drug-likeness (QED) is 0.942. The first-order valence-corrected chi connectivity index (χ1v) is 6.61. The van der Waals surface area contributed by atoms with Crippen LogP contribution in [0.5, 0.6) is 0 Å². The maximum absolute atomic E-state index is 13.7. The molecule has 1 unspecified atom stereocenters. The van der Waals surface area contributed by atoms with Crippen LogP contribution in [0.1, 0.15) is 17.3 Å². The molecule has 6 heteroatoms. The number of nitrogens with one attached hydrogen (secondary N) is 1. The molecule has 0 aliphatic heterocycles. The zero-order valence-electron chi connectivity index (χ0n) is 9.15. The van der Waals surface area contributed by atoms with Crippen LogP contribution in [0.4, 0.5) is 4.39 Å². The average molecular weight is 316 g/mol. The smallest absolute Gasteiger partial charge is 0.127 e. The van der Waals surface area contributed by atoms with Gasteiger partial charge in [0.1, 0.15) is 5.82 Å². The van der Waals surface area contributed by atoms with E-state index in [-0.39, 0.29) is 11.9 Å². The highest BCUT2D eigenvalue weighted by molar-refractivity contribution is 9.10. The Hall–Kier alpha value is -0.850. The second-order valence-electron chi connectivity index (χ2n) is 3.61. The Labute approximate surface area is 112 Å². The minimum atomic E-state index is -0.206. The molecular weight excluding hydrogens is 305 g/mol. The summed E-state index contributed by atoms with van der Waals surface area (Å²) in [6, 6.07) is 5.08. The summed E-state index contributed by atoms with van der Waals surface area (Å²) in [6.07, 6.45) is 2.27. The van der Waals surface area contributed by atoms with Crippen LogP contribution in [0.15, 0.2) is 28.9 Å². The summed E-state index contributed by atoms with van der Waals surface area (Å²) in [5.41, 5.74) is 1.51. The average Bonchev–Trinajstić information content (AvgIpc) is 2.81. The highest BCUT2D eigenvalue weighted by atomic mass is 79.9. The molecule has 0 fully saturated rings. The molecule has 3 nitrogen and oxygen atoms in total. The van der Waals surface area contributed by atoms with E-state index in [0.29, 0.717) is 12.0 Å². The molecule has 0 saturated carbocycles. The minimum absolute atomic E-state index is 0.00979. The van der Waals surface area contributed by atoms with E-state index in [1.165, 1.54) is 6.07 Å². The lowest BCUT2D eigenvalue weighted by Gasteiger charge is -2.13. The largest absolute Gasteiger partial charge is 0.311 e. The van der Waals surface area contributed by atoms with Crippen LogP contribution in [-0.2, 0) is 6.42 Å². The van der Waals surface area contributed by atoms with E-state index in [1.54, 1.807) is 12.3 Å². The number of hydrogen-bond donors (Lipinski definition) is 1. The van der Waals surface area contributed by atoms with Gasteiger partial charge in [-0.2, -0.15) is 8.75 Å². The van der Waals surface area contributed by atoms with Gasteiger partial charge in [0.25, 0.3) is 0 Å². The zero-order chi connectivity index (χ0) is 12.3. The number of benzene rings is 1. The summed E-state index contributed by atoms with van der Waals surface area (Å²) >= 11 is 4.40. The van der Waals surface area contributed by atoms with Gasteiger partial charge in [0.2, 0.25) is 0 Å². The third kappa shape index (κ3) is 3.08. The molecule has 1 heterocycles. The lowest BCUT2D eigenvalue weighted by molar-refractivity contribution is 0.547. The van der Waals surface area contributed by atoms with Crippen molar-refractivity contribution < 1.29 is 4.39 Å². The monoisotopic (exact) mass is 315 g/mol. The predicted octanol–water partition coefficient (Wildman–Crippen LogP) is 2.94. The van der Waals surface area contributed by atoms with Gasteiger partial charge in [-0.25, -0.2) is 4.39 Å². The van der Waals surface area contributed by atoms with Gasteiger partial charge in [-0.3, -0.25) is 0 Å². The Kier molecular flexibility index (Phi) is 4.20. The molecule has 0 saturated heterocycles. The maximum atomic E-state index is 13.7. The first kappa shape index (κ1) is 12.6. The molecular formula is C11H11BrFN3S. The van der Waals surface area contributed by atoms with Crippen LogP contribution >= 0.6 is 27.7 Å². The van der Waals surface area contributed by atoms with Crippen molar-refractivity contribution in [2.45, 2.75) is 12.5 Å². The van der Waals surface area contributed by atoms with Crippen LogP contribution in [0.25, 0.3) is 0 Å². The van der Waals surface area contributed by atoms with E-state index in [1.807, 2.05) is 13.1 Å². The highest BCUT2D eigenvalue weighted by Crippen LogP contribution is 2.21. The topological polar surface area (TPSA) is 37.8 Å². The molecule has 1 aromatic carbocycles. The number of aromatic nitrogens is 2. The Morgan fingerprint density at radius 3 is 2.94 bits per heavy atom. The molecule has 2 aromatic rings. The number of likely N-dealkylation sites (N-methyl/N-ethyl adjacent to an activating group) is 1. The fraction of sp³-hybridized carbons (Fsp3) is 0.273. The summed E-state index contributed by atoms with van der Waals surface area (Å²) in [6.45, 7) is 0. The number of halogens is 2. The summed E-state index contributed by atoms with van der Waals surface area (Å²) in [4.78, 5) is 0. The van der Waals surface area contributed by atoms with Crippen molar-refractivity contribution in [1.29, 1.82) is 0 Å². The first-order chi connectivity index (χ1) is 8.20. The molecule has 0 aliphatic rings. The summed E-state index contributed by atoms with van der Waals surface area (Å²) in [5, 5.41) is 3.12. The Morgan fingerprint density at radius 1 is 1.53 bits per heavy atom. The standard InChI is InChI=1S/C11H11BrFN3S/c1-14-10(11-6-15-17-16-11)4-7-2-3-8(12)5-9(7)13/h2-3,5-6,10,14H,4H2,1H3. The second kappa shape index (κ2) is 5.66. The third-order valence-corrected chi connectivity index (χ3v) is 3.51. The Bertz CT molecular complexity index is 489. The van der Waals surface area contributed by atoms with Crippen molar-refractivity contribution in [3.05, 3.63) is 45.9 Å². The fourth-order valence-corrected chi connectivity index (χ4v) is 2.39. The van der Waals surface area contributed by atoms with Gasteiger partial charge in [-0.05, 0) is 31.2 Å². The van der Waals surface area contributed by atoms with Crippen molar-refractivity contribution >= 4 is 27.7 Å². The van der Waals surface area contributed by atoms with Gasteiger partial charge in [0, 0.05) is 4.47 Å². The Morgan fingerprint density at radius 2 is 2.35 bits per heavy atom. The number of nitrogens with zero attached hydrogens (tertiary/aromatic N) is 2. The first-order valence-electron chi connectivity index (χ1n) is 5.09. The van der Waals surface area contributed by atoms with Crippen molar-refractivity contribution in [2.75, 3.05) is 7.05 Å². The van der Waals surface area contributed by atoms with Gasteiger partial charge in [0.05, 0.1) is 29.7 Å². The molecule has 0 amide bonds.